The van der Waals surface area contributed by atoms with E-state index < -0.39 is 0 Å². The van der Waals surface area contributed by atoms with Crippen molar-refractivity contribution in [2.45, 2.75) is 33.2 Å². The molecular formula is C14H17ClFN3. The van der Waals surface area contributed by atoms with Crippen molar-refractivity contribution in [2.24, 2.45) is 0 Å². The number of hydrogen-bond donors (Lipinski definition) is 1. The minimum absolute atomic E-state index is 0.318. The Bertz CT molecular complexity index is 593. The van der Waals surface area contributed by atoms with Gasteiger partial charge in [-0.1, -0.05) is 31.5 Å². The summed E-state index contributed by atoms with van der Waals surface area (Å²) in [5.74, 6) is -0.318. The lowest BCUT2D eigenvalue weighted by Crippen LogP contribution is -2.08. The molecule has 102 valence electrons. The third kappa shape index (κ3) is 2.73. The normalized spacial score (nSPS) is 10.9. The van der Waals surface area contributed by atoms with E-state index in [1.165, 1.54) is 6.07 Å². The van der Waals surface area contributed by atoms with Gasteiger partial charge in [0.1, 0.15) is 5.82 Å². The zero-order chi connectivity index (χ0) is 14.0. The van der Waals surface area contributed by atoms with Crippen LogP contribution in [0.5, 0.6) is 0 Å². The van der Waals surface area contributed by atoms with Gasteiger partial charge in [0.2, 0.25) is 0 Å². The van der Waals surface area contributed by atoms with E-state index in [0.717, 1.165) is 29.9 Å². The molecule has 1 heterocycles. The molecule has 19 heavy (non-hydrogen) atoms. The van der Waals surface area contributed by atoms with Gasteiger partial charge in [-0.05, 0) is 25.0 Å². The minimum Gasteiger partial charge on any atom is -0.396 e. The number of hydrogen-bond acceptors (Lipinski definition) is 2. The Balaban J connectivity index is 2.37. The molecule has 0 aliphatic carbocycles. The molecule has 2 aromatic rings. The molecule has 0 bridgehead atoms. The van der Waals surface area contributed by atoms with Gasteiger partial charge in [0.25, 0.3) is 0 Å². The fraction of sp³-hybridized carbons (Fsp3) is 0.357. The number of nitrogens with two attached hydrogens (primary N) is 1. The van der Waals surface area contributed by atoms with Gasteiger partial charge in [0, 0.05) is 10.6 Å². The van der Waals surface area contributed by atoms with Crippen molar-refractivity contribution < 1.29 is 4.39 Å². The Morgan fingerprint density at radius 2 is 2.05 bits per heavy atom. The second-order valence-corrected chi connectivity index (χ2v) is 4.84. The summed E-state index contributed by atoms with van der Waals surface area (Å²) < 4.78 is 15.6. The van der Waals surface area contributed by atoms with Gasteiger partial charge in [0.05, 0.1) is 23.6 Å². The lowest BCUT2D eigenvalue weighted by atomic mass is 10.2. The summed E-state index contributed by atoms with van der Waals surface area (Å²) in [6.07, 6.45) is 1.54. The number of anilines is 1. The largest absolute Gasteiger partial charge is 0.396 e. The van der Waals surface area contributed by atoms with Gasteiger partial charge >= 0.3 is 0 Å². The molecule has 0 atom stereocenters. The van der Waals surface area contributed by atoms with Gasteiger partial charge in [-0.15, -0.1) is 0 Å². The molecule has 0 saturated heterocycles. The predicted molar refractivity (Wildman–Crippen MR) is 75.9 cm³/mol. The van der Waals surface area contributed by atoms with Crippen molar-refractivity contribution in [1.82, 2.24) is 9.78 Å². The summed E-state index contributed by atoms with van der Waals surface area (Å²) in [5.41, 5.74) is 9.14. The Kier molecular flexibility index (Phi) is 4.10. The lowest BCUT2D eigenvalue weighted by molar-refractivity contribution is 0.574. The Hall–Kier alpha value is -1.55. The van der Waals surface area contributed by atoms with Crippen molar-refractivity contribution in [3.05, 3.63) is 46.0 Å². The standard InChI is InChI=1S/C14H17ClFN3/c1-3-12-14(17)13(4-2)19(18-12)8-9-5-6-10(15)7-11(9)16/h5-7H,3-4,8,17H2,1-2H3. The zero-order valence-corrected chi connectivity index (χ0v) is 11.8. The maximum atomic E-state index is 13.8. The molecule has 0 aliphatic rings. The van der Waals surface area contributed by atoms with Crippen molar-refractivity contribution in [3.8, 4) is 0 Å². The highest BCUT2D eigenvalue weighted by molar-refractivity contribution is 6.30. The Morgan fingerprint density at radius 1 is 1.32 bits per heavy atom. The first-order valence-electron chi connectivity index (χ1n) is 6.34. The van der Waals surface area contributed by atoms with Crippen molar-refractivity contribution in [1.29, 1.82) is 0 Å². The summed E-state index contributed by atoms with van der Waals surface area (Å²) in [7, 11) is 0. The number of aryl methyl sites for hydroxylation is 1. The number of rotatable bonds is 4. The summed E-state index contributed by atoms with van der Waals surface area (Å²) in [4.78, 5) is 0. The van der Waals surface area contributed by atoms with E-state index in [-0.39, 0.29) is 5.82 Å². The van der Waals surface area contributed by atoms with Gasteiger partial charge < -0.3 is 5.73 Å². The molecule has 1 aromatic carbocycles. The smallest absolute Gasteiger partial charge is 0.129 e. The average molecular weight is 282 g/mol. The second kappa shape index (κ2) is 5.61. The lowest BCUT2D eigenvalue weighted by Gasteiger charge is -2.07. The molecule has 0 spiro atoms. The molecule has 0 fully saturated rings. The van der Waals surface area contributed by atoms with Crippen LogP contribution in [0, 0.1) is 5.82 Å². The highest BCUT2D eigenvalue weighted by Gasteiger charge is 2.14. The van der Waals surface area contributed by atoms with Crippen LogP contribution in [0.3, 0.4) is 0 Å². The van der Waals surface area contributed by atoms with Crippen molar-refractivity contribution in [2.75, 3.05) is 5.73 Å². The van der Waals surface area contributed by atoms with Crippen LogP contribution in [0.15, 0.2) is 18.2 Å². The van der Waals surface area contributed by atoms with E-state index >= 15 is 0 Å². The summed E-state index contributed by atoms with van der Waals surface area (Å²) in [5, 5.41) is 4.84. The molecule has 0 aliphatic heterocycles. The first-order chi connectivity index (χ1) is 9.06. The fourth-order valence-corrected chi connectivity index (χ4v) is 2.30. The molecule has 0 unspecified atom stereocenters. The van der Waals surface area contributed by atoms with E-state index in [1.807, 2.05) is 13.8 Å². The molecule has 2 rings (SSSR count). The van der Waals surface area contributed by atoms with E-state index in [2.05, 4.69) is 5.10 Å². The van der Waals surface area contributed by atoms with Crippen molar-refractivity contribution >= 4 is 17.3 Å². The van der Waals surface area contributed by atoms with Crippen LogP contribution in [0.25, 0.3) is 0 Å². The molecule has 5 heteroatoms. The van der Waals surface area contributed by atoms with E-state index in [1.54, 1.807) is 16.8 Å². The molecule has 3 nitrogen and oxygen atoms in total. The quantitative estimate of drug-likeness (QED) is 0.933. The maximum Gasteiger partial charge on any atom is 0.129 e. The molecule has 1 aromatic heterocycles. The van der Waals surface area contributed by atoms with Crippen LogP contribution < -0.4 is 5.73 Å². The van der Waals surface area contributed by atoms with Crippen LogP contribution >= 0.6 is 11.6 Å². The van der Waals surface area contributed by atoms with Crippen LogP contribution in [-0.2, 0) is 19.4 Å². The Morgan fingerprint density at radius 3 is 2.63 bits per heavy atom. The molecule has 0 saturated carbocycles. The fourth-order valence-electron chi connectivity index (χ4n) is 2.14. The third-order valence-electron chi connectivity index (χ3n) is 3.18. The molecule has 0 amide bonds. The number of nitrogens with zero attached hydrogens (tertiary/aromatic N) is 2. The first kappa shape index (κ1) is 13.9. The molecular weight excluding hydrogens is 265 g/mol. The van der Waals surface area contributed by atoms with Crippen LogP contribution in [-0.4, -0.2) is 9.78 Å². The second-order valence-electron chi connectivity index (χ2n) is 4.41. The Labute approximate surface area is 117 Å². The minimum atomic E-state index is -0.318. The van der Waals surface area contributed by atoms with Gasteiger partial charge in [0.15, 0.2) is 0 Å². The van der Waals surface area contributed by atoms with Gasteiger partial charge in [-0.3, -0.25) is 4.68 Å². The SMILES string of the molecule is CCc1nn(Cc2ccc(Cl)cc2F)c(CC)c1N. The van der Waals surface area contributed by atoms with Crippen molar-refractivity contribution in [3.63, 3.8) is 0 Å². The van der Waals surface area contributed by atoms with E-state index in [4.69, 9.17) is 17.3 Å². The highest BCUT2D eigenvalue weighted by atomic mass is 35.5. The topological polar surface area (TPSA) is 43.8 Å². The predicted octanol–water partition coefficient (Wildman–Crippen LogP) is 3.43. The zero-order valence-electron chi connectivity index (χ0n) is 11.1. The maximum absolute atomic E-state index is 13.8. The van der Waals surface area contributed by atoms with E-state index in [9.17, 15) is 4.39 Å². The van der Waals surface area contributed by atoms with Gasteiger partial charge in [-0.25, -0.2) is 4.39 Å². The number of benzene rings is 1. The summed E-state index contributed by atoms with van der Waals surface area (Å²) in [6, 6.07) is 4.68. The monoisotopic (exact) mass is 281 g/mol. The van der Waals surface area contributed by atoms with Crippen LogP contribution in [0.2, 0.25) is 5.02 Å². The van der Waals surface area contributed by atoms with Gasteiger partial charge in [-0.2, -0.15) is 5.10 Å². The third-order valence-corrected chi connectivity index (χ3v) is 3.41. The van der Waals surface area contributed by atoms with E-state index in [0.29, 0.717) is 17.1 Å². The first-order valence-corrected chi connectivity index (χ1v) is 6.72. The molecule has 0 radical (unpaired) electrons. The highest BCUT2D eigenvalue weighted by Crippen LogP contribution is 2.21. The number of aromatic nitrogens is 2. The molecule has 2 N–H and O–H groups in total. The van der Waals surface area contributed by atoms with Crippen LogP contribution in [0.1, 0.15) is 30.8 Å². The summed E-state index contributed by atoms with van der Waals surface area (Å²) in [6.45, 7) is 4.39. The van der Waals surface area contributed by atoms with Crippen LogP contribution in [0.4, 0.5) is 10.1 Å². The average Bonchev–Trinajstić information content (AvgIpc) is 2.68. The number of halogens is 2. The number of nitrogen functional groups attached to an aromatic ring is 1. The summed E-state index contributed by atoms with van der Waals surface area (Å²) >= 11 is 5.75.